The summed E-state index contributed by atoms with van der Waals surface area (Å²) in [6.45, 7) is 2.72. The fourth-order valence-corrected chi connectivity index (χ4v) is 3.93. The van der Waals surface area contributed by atoms with E-state index in [0.29, 0.717) is 21.5 Å². The number of carbonyl (C=O) groups excluding carboxylic acids is 1. The molecule has 29 heavy (non-hydrogen) atoms. The zero-order valence-corrected chi connectivity index (χ0v) is 17.3. The first-order valence-corrected chi connectivity index (χ1v) is 10.3. The van der Waals surface area contributed by atoms with Gasteiger partial charge in [-0.1, -0.05) is 29.3 Å². The number of likely N-dealkylation sites (tertiary alicyclic amines) is 1. The second kappa shape index (κ2) is 9.11. The molecule has 1 saturated heterocycles. The molecule has 2 aromatic carbocycles. The van der Waals surface area contributed by atoms with Crippen LogP contribution in [0.2, 0.25) is 10.0 Å². The maximum atomic E-state index is 12.2. The number of carbonyl (C=O) groups is 1. The van der Waals surface area contributed by atoms with Crippen LogP contribution in [0.15, 0.2) is 36.4 Å². The number of benzene rings is 2. The van der Waals surface area contributed by atoms with Gasteiger partial charge in [-0.15, -0.1) is 0 Å². The van der Waals surface area contributed by atoms with Crippen LogP contribution in [-0.2, 0) is 11.3 Å². The van der Waals surface area contributed by atoms with Gasteiger partial charge < -0.3 is 19.5 Å². The molecule has 1 amide bonds. The van der Waals surface area contributed by atoms with Crippen LogP contribution in [0, 0.1) is 0 Å². The van der Waals surface area contributed by atoms with Gasteiger partial charge >= 0.3 is 0 Å². The second-order valence-electron chi connectivity index (χ2n) is 7.16. The molecule has 154 valence electrons. The molecule has 0 bridgehead atoms. The minimum absolute atomic E-state index is 0.0205. The van der Waals surface area contributed by atoms with Crippen LogP contribution >= 0.6 is 23.2 Å². The summed E-state index contributed by atoms with van der Waals surface area (Å²) < 4.78 is 16.3. The summed E-state index contributed by atoms with van der Waals surface area (Å²) in [6.07, 6.45) is 1.76. The molecule has 2 aromatic rings. The molecule has 2 aliphatic heterocycles. The highest BCUT2D eigenvalue weighted by Crippen LogP contribution is 2.37. The average molecular weight is 437 g/mol. The molecule has 2 aliphatic rings. The van der Waals surface area contributed by atoms with Gasteiger partial charge in [-0.25, -0.2) is 0 Å². The lowest BCUT2D eigenvalue weighted by Gasteiger charge is -2.32. The number of amides is 1. The Balaban J connectivity index is 1.22. The van der Waals surface area contributed by atoms with E-state index in [2.05, 4.69) is 10.2 Å². The van der Waals surface area contributed by atoms with E-state index in [9.17, 15) is 4.79 Å². The fraction of sp³-hybridized carbons (Fsp3) is 0.381. The molecule has 2 heterocycles. The first kappa shape index (κ1) is 20.1. The van der Waals surface area contributed by atoms with Gasteiger partial charge in [-0.05, 0) is 42.7 Å². The topological polar surface area (TPSA) is 60.0 Å². The lowest BCUT2D eigenvalue weighted by Crippen LogP contribution is -2.45. The molecule has 0 atom stereocenters. The Labute approximate surface area is 179 Å². The van der Waals surface area contributed by atoms with Gasteiger partial charge in [0, 0.05) is 41.8 Å². The van der Waals surface area contributed by atoms with Crippen molar-refractivity contribution in [3.63, 3.8) is 0 Å². The quantitative estimate of drug-likeness (QED) is 0.744. The Morgan fingerprint density at radius 1 is 1.14 bits per heavy atom. The van der Waals surface area contributed by atoms with Crippen molar-refractivity contribution >= 4 is 29.1 Å². The zero-order chi connectivity index (χ0) is 20.2. The Morgan fingerprint density at radius 2 is 1.90 bits per heavy atom. The summed E-state index contributed by atoms with van der Waals surface area (Å²) >= 11 is 12.3. The van der Waals surface area contributed by atoms with Crippen molar-refractivity contribution in [2.45, 2.75) is 25.4 Å². The first-order valence-electron chi connectivity index (χ1n) is 9.55. The summed E-state index contributed by atoms with van der Waals surface area (Å²) in [5, 5.41) is 4.31. The summed E-state index contributed by atoms with van der Waals surface area (Å²) in [4.78, 5) is 14.5. The number of halogens is 2. The molecular weight excluding hydrogens is 415 g/mol. The standard InChI is InChI=1S/C21H22Cl2N2O4/c22-15-2-1-3-17(9-15)27-12-21(26)24-16-4-6-25(7-5-16)11-14-8-19-20(10-18(14)23)29-13-28-19/h1-3,8-10,16H,4-7,11-13H2,(H,24,26). The van der Waals surface area contributed by atoms with Gasteiger partial charge in [-0.2, -0.15) is 0 Å². The number of fused-ring (bicyclic) bond motifs is 1. The van der Waals surface area contributed by atoms with Crippen LogP contribution in [0.5, 0.6) is 17.2 Å². The van der Waals surface area contributed by atoms with Crippen molar-refractivity contribution < 1.29 is 19.0 Å². The van der Waals surface area contributed by atoms with E-state index in [1.54, 1.807) is 24.3 Å². The third kappa shape index (κ3) is 5.26. The Kier molecular flexibility index (Phi) is 6.33. The monoisotopic (exact) mass is 436 g/mol. The number of rotatable bonds is 6. The van der Waals surface area contributed by atoms with Crippen LogP contribution < -0.4 is 19.5 Å². The van der Waals surface area contributed by atoms with E-state index >= 15 is 0 Å². The molecule has 0 aliphatic carbocycles. The molecule has 1 fully saturated rings. The zero-order valence-electron chi connectivity index (χ0n) is 15.8. The highest BCUT2D eigenvalue weighted by molar-refractivity contribution is 6.31. The number of hydrogen-bond acceptors (Lipinski definition) is 5. The Hall–Kier alpha value is -2.15. The number of piperidine rings is 1. The molecule has 8 heteroatoms. The highest BCUT2D eigenvalue weighted by Gasteiger charge is 2.23. The second-order valence-corrected chi connectivity index (χ2v) is 8.00. The fourth-order valence-electron chi connectivity index (χ4n) is 3.53. The molecule has 0 radical (unpaired) electrons. The lowest BCUT2D eigenvalue weighted by molar-refractivity contribution is -0.124. The highest BCUT2D eigenvalue weighted by atomic mass is 35.5. The first-order chi connectivity index (χ1) is 14.1. The number of hydrogen-bond donors (Lipinski definition) is 1. The number of nitrogens with one attached hydrogen (secondary N) is 1. The molecule has 4 rings (SSSR count). The molecule has 0 aromatic heterocycles. The van der Waals surface area contributed by atoms with Crippen LogP contribution in [0.1, 0.15) is 18.4 Å². The Bertz CT molecular complexity index is 885. The van der Waals surface area contributed by atoms with Gasteiger partial charge in [0.25, 0.3) is 5.91 Å². The van der Waals surface area contributed by atoms with Gasteiger partial charge in [0.05, 0.1) is 0 Å². The molecule has 0 spiro atoms. The van der Waals surface area contributed by atoms with Crippen molar-refractivity contribution in [2.24, 2.45) is 0 Å². The summed E-state index contributed by atoms with van der Waals surface area (Å²) in [7, 11) is 0. The maximum Gasteiger partial charge on any atom is 0.258 e. The van der Waals surface area contributed by atoms with Gasteiger partial charge in [0.15, 0.2) is 18.1 Å². The van der Waals surface area contributed by atoms with Gasteiger partial charge in [-0.3, -0.25) is 9.69 Å². The number of nitrogens with zero attached hydrogens (tertiary/aromatic N) is 1. The van der Waals surface area contributed by atoms with Crippen molar-refractivity contribution in [1.82, 2.24) is 10.2 Å². The molecule has 1 N–H and O–H groups in total. The molecule has 6 nitrogen and oxygen atoms in total. The number of ether oxygens (including phenoxy) is 3. The third-order valence-electron chi connectivity index (χ3n) is 5.05. The third-order valence-corrected chi connectivity index (χ3v) is 5.64. The van der Waals surface area contributed by atoms with Crippen LogP contribution in [0.3, 0.4) is 0 Å². The molecule has 0 unspecified atom stereocenters. The van der Waals surface area contributed by atoms with Crippen LogP contribution in [-0.4, -0.2) is 43.3 Å². The predicted molar refractivity (Wildman–Crippen MR) is 111 cm³/mol. The minimum Gasteiger partial charge on any atom is -0.484 e. The smallest absolute Gasteiger partial charge is 0.258 e. The van der Waals surface area contributed by atoms with E-state index in [-0.39, 0.29) is 25.3 Å². The minimum atomic E-state index is -0.123. The summed E-state index contributed by atoms with van der Waals surface area (Å²) in [6, 6.07) is 10.9. The SMILES string of the molecule is O=C(COc1cccc(Cl)c1)NC1CCN(Cc2cc3c(cc2Cl)OCO3)CC1. The maximum absolute atomic E-state index is 12.2. The normalized spacial score (nSPS) is 16.6. The largest absolute Gasteiger partial charge is 0.484 e. The van der Waals surface area contributed by atoms with Crippen molar-refractivity contribution in [3.05, 3.63) is 52.0 Å². The lowest BCUT2D eigenvalue weighted by atomic mass is 10.0. The summed E-state index contributed by atoms with van der Waals surface area (Å²) in [5.41, 5.74) is 1.02. The van der Waals surface area contributed by atoms with E-state index < -0.39 is 0 Å². The van der Waals surface area contributed by atoms with Crippen molar-refractivity contribution in [2.75, 3.05) is 26.5 Å². The van der Waals surface area contributed by atoms with E-state index in [1.165, 1.54) is 0 Å². The Morgan fingerprint density at radius 3 is 2.66 bits per heavy atom. The van der Waals surface area contributed by atoms with Gasteiger partial charge in [0.2, 0.25) is 6.79 Å². The molecule has 0 saturated carbocycles. The molecular formula is C21H22Cl2N2O4. The summed E-state index contributed by atoms with van der Waals surface area (Å²) in [5.74, 6) is 1.90. The predicted octanol–water partition coefficient (Wildman–Crippen LogP) is 3.88. The van der Waals surface area contributed by atoms with Crippen LogP contribution in [0.25, 0.3) is 0 Å². The van der Waals surface area contributed by atoms with Crippen molar-refractivity contribution in [3.8, 4) is 17.2 Å². The van der Waals surface area contributed by atoms with Gasteiger partial charge in [0.1, 0.15) is 5.75 Å². The van der Waals surface area contributed by atoms with E-state index in [1.807, 2.05) is 12.1 Å². The van der Waals surface area contributed by atoms with E-state index in [0.717, 1.165) is 43.8 Å². The van der Waals surface area contributed by atoms with Crippen molar-refractivity contribution in [1.29, 1.82) is 0 Å². The van der Waals surface area contributed by atoms with E-state index in [4.69, 9.17) is 37.4 Å². The van der Waals surface area contributed by atoms with Crippen LogP contribution in [0.4, 0.5) is 0 Å². The average Bonchev–Trinajstić information content (AvgIpc) is 3.15.